The van der Waals surface area contributed by atoms with E-state index in [1.807, 2.05) is 0 Å². The number of imidazole rings is 1. The number of ether oxygens (including phenoxy) is 1. The number of phosphoric acid groups is 1. The van der Waals surface area contributed by atoms with Crippen LogP contribution in [0.5, 0.6) is 0 Å². The molecular formula is C12H13Cl2N2O7P. The van der Waals surface area contributed by atoms with Gasteiger partial charge in [0.25, 0.3) is 0 Å². The third-order valence-corrected chi connectivity index (χ3v) is 4.84. The van der Waals surface area contributed by atoms with Gasteiger partial charge < -0.3 is 29.3 Å². The van der Waals surface area contributed by atoms with Gasteiger partial charge in [0.2, 0.25) is 0 Å². The lowest BCUT2D eigenvalue weighted by Gasteiger charge is -2.17. The molecule has 1 fully saturated rings. The van der Waals surface area contributed by atoms with Crippen LogP contribution < -0.4 is 0 Å². The SMILES string of the molecule is O=P(O)(O)OC[C@H]1O[C@@H](n2cnc3cc(Cl)c(Cl)cc32)[C@H](O)[C@@H]1O. The molecule has 0 unspecified atom stereocenters. The van der Waals surface area contributed by atoms with E-state index in [9.17, 15) is 14.8 Å². The molecule has 3 rings (SSSR count). The number of benzene rings is 1. The largest absolute Gasteiger partial charge is 0.469 e. The van der Waals surface area contributed by atoms with Crippen molar-refractivity contribution < 1.29 is 33.8 Å². The van der Waals surface area contributed by atoms with Crippen molar-refractivity contribution in [2.75, 3.05) is 6.61 Å². The molecule has 1 saturated heterocycles. The molecule has 0 radical (unpaired) electrons. The highest BCUT2D eigenvalue weighted by Gasteiger charge is 2.44. The van der Waals surface area contributed by atoms with Gasteiger partial charge in [-0.2, -0.15) is 0 Å². The highest BCUT2D eigenvalue weighted by molar-refractivity contribution is 7.46. The minimum atomic E-state index is -4.72. The lowest BCUT2D eigenvalue weighted by Crippen LogP contribution is -2.33. The average molecular weight is 399 g/mol. The van der Waals surface area contributed by atoms with E-state index in [4.69, 9.17) is 37.7 Å². The second-order valence-corrected chi connectivity index (χ2v) is 7.29. The average Bonchev–Trinajstić information content (AvgIpc) is 3.00. The number of rotatable bonds is 4. The first-order chi connectivity index (χ1) is 11.2. The van der Waals surface area contributed by atoms with Gasteiger partial charge in [0, 0.05) is 0 Å². The summed E-state index contributed by atoms with van der Waals surface area (Å²) in [7, 11) is -4.72. The molecular weight excluding hydrogens is 386 g/mol. The number of nitrogens with zero attached hydrogens (tertiary/aromatic N) is 2. The van der Waals surface area contributed by atoms with Crippen molar-refractivity contribution in [3.05, 3.63) is 28.5 Å². The van der Waals surface area contributed by atoms with Gasteiger partial charge in [-0.25, -0.2) is 9.55 Å². The van der Waals surface area contributed by atoms with Crippen LogP contribution in [0.4, 0.5) is 0 Å². The van der Waals surface area contributed by atoms with Gasteiger partial charge >= 0.3 is 7.82 Å². The number of hydrogen-bond donors (Lipinski definition) is 4. The standard InChI is InChI=1S/C12H13Cl2N2O7P/c13-5-1-7-8(2-6(5)14)16(4-15-7)12-11(18)10(17)9(23-12)3-22-24(19,20)21/h1-2,4,9-12,17-18H,3H2,(H2,19,20,21)/t9-,10-,11-,12-/m1/s1. The highest BCUT2D eigenvalue weighted by atomic mass is 35.5. The zero-order valence-corrected chi connectivity index (χ0v) is 14.3. The monoisotopic (exact) mass is 398 g/mol. The van der Waals surface area contributed by atoms with E-state index in [2.05, 4.69) is 9.51 Å². The molecule has 0 amide bonds. The molecule has 1 aromatic carbocycles. The van der Waals surface area contributed by atoms with Gasteiger partial charge in [0.15, 0.2) is 6.23 Å². The van der Waals surface area contributed by atoms with Gasteiger partial charge in [0.1, 0.15) is 18.3 Å². The van der Waals surface area contributed by atoms with Gasteiger partial charge in [0.05, 0.1) is 34.0 Å². The lowest BCUT2D eigenvalue weighted by molar-refractivity contribution is -0.0501. The van der Waals surface area contributed by atoms with Crippen LogP contribution >= 0.6 is 31.0 Å². The summed E-state index contributed by atoms with van der Waals surface area (Å²) in [5.41, 5.74) is 1.02. The molecule has 0 bridgehead atoms. The molecule has 9 nitrogen and oxygen atoms in total. The summed E-state index contributed by atoms with van der Waals surface area (Å²) in [4.78, 5) is 21.6. The maximum Gasteiger partial charge on any atom is 0.469 e. The zero-order chi connectivity index (χ0) is 17.6. The van der Waals surface area contributed by atoms with Crippen LogP contribution in [0, 0.1) is 0 Å². The second-order valence-electron chi connectivity index (χ2n) is 5.24. The van der Waals surface area contributed by atoms with Crippen LogP contribution in [0.25, 0.3) is 11.0 Å². The van der Waals surface area contributed by atoms with E-state index in [1.54, 1.807) is 6.07 Å². The maximum absolute atomic E-state index is 10.8. The Morgan fingerprint density at radius 2 is 1.92 bits per heavy atom. The summed E-state index contributed by atoms with van der Waals surface area (Å²) in [6, 6.07) is 3.08. The molecule has 4 N–H and O–H groups in total. The number of aromatic nitrogens is 2. The van der Waals surface area contributed by atoms with E-state index in [0.717, 1.165) is 0 Å². The van der Waals surface area contributed by atoms with Crippen molar-refractivity contribution in [1.29, 1.82) is 0 Å². The highest BCUT2D eigenvalue weighted by Crippen LogP contribution is 2.39. The molecule has 132 valence electrons. The topological polar surface area (TPSA) is 134 Å². The molecule has 1 aromatic heterocycles. The Balaban J connectivity index is 1.87. The summed E-state index contributed by atoms with van der Waals surface area (Å²) >= 11 is 11.9. The smallest absolute Gasteiger partial charge is 0.387 e. The van der Waals surface area contributed by atoms with Crippen LogP contribution in [0.1, 0.15) is 6.23 Å². The fraction of sp³-hybridized carbons (Fsp3) is 0.417. The Hall–Kier alpha value is -0.740. The number of phosphoric ester groups is 1. The quantitative estimate of drug-likeness (QED) is 0.561. The fourth-order valence-corrected chi connectivity index (χ4v) is 3.15. The van der Waals surface area contributed by atoms with Crippen LogP contribution in [-0.2, 0) is 13.8 Å². The molecule has 24 heavy (non-hydrogen) atoms. The molecule has 0 saturated carbocycles. The maximum atomic E-state index is 10.8. The molecule has 4 atom stereocenters. The minimum Gasteiger partial charge on any atom is -0.387 e. The van der Waals surface area contributed by atoms with Crippen LogP contribution in [-0.4, -0.2) is 54.5 Å². The van der Waals surface area contributed by atoms with Crippen LogP contribution in [0.2, 0.25) is 10.0 Å². The van der Waals surface area contributed by atoms with Crippen molar-refractivity contribution in [3.8, 4) is 0 Å². The normalized spacial score (nSPS) is 27.9. The third-order valence-electron chi connectivity index (χ3n) is 3.64. The Bertz CT molecular complexity index is 810. The van der Waals surface area contributed by atoms with Crippen molar-refractivity contribution in [3.63, 3.8) is 0 Å². The second kappa shape index (κ2) is 6.53. The number of hydrogen-bond acceptors (Lipinski definition) is 6. The molecule has 12 heteroatoms. The third kappa shape index (κ3) is 3.45. The van der Waals surface area contributed by atoms with Crippen molar-refractivity contribution in [1.82, 2.24) is 9.55 Å². The predicted octanol–water partition coefficient (Wildman–Crippen LogP) is 1.07. The van der Waals surface area contributed by atoms with E-state index in [0.29, 0.717) is 16.1 Å². The summed E-state index contributed by atoms with van der Waals surface area (Å²) in [5, 5.41) is 20.8. The van der Waals surface area contributed by atoms with E-state index in [1.165, 1.54) is 17.0 Å². The van der Waals surface area contributed by atoms with Crippen molar-refractivity contribution in [2.24, 2.45) is 0 Å². The van der Waals surface area contributed by atoms with Gasteiger partial charge in [-0.05, 0) is 12.1 Å². The van der Waals surface area contributed by atoms with Crippen molar-refractivity contribution in [2.45, 2.75) is 24.5 Å². The van der Waals surface area contributed by atoms with E-state index >= 15 is 0 Å². The first-order valence-electron chi connectivity index (χ1n) is 6.70. The van der Waals surface area contributed by atoms with E-state index in [-0.39, 0.29) is 5.02 Å². The molecule has 2 aromatic rings. The van der Waals surface area contributed by atoms with Gasteiger partial charge in [-0.1, -0.05) is 23.2 Å². The Labute approximate surface area is 145 Å². The van der Waals surface area contributed by atoms with Crippen LogP contribution in [0.3, 0.4) is 0 Å². The summed E-state index contributed by atoms with van der Waals surface area (Å²) in [6.07, 6.45) is -3.54. The number of halogens is 2. The fourth-order valence-electron chi connectivity index (χ4n) is 2.49. The Morgan fingerprint density at radius 1 is 1.25 bits per heavy atom. The molecule has 0 aliphatic carbocycles. The molecule has 2 heterocycles. The Kier molecular flexibility index (Phi) is 4.91. The summed E-state index contributed by atoms with van der Waals surface area (Å²) in [5.74, 6) is 0. The molecule has 1 aliphatic heterocycles. The van der Waals surface area contributed by atoms with Crippen molar-refractivity contribution >= 4 is 42.1 Å². The lowest BCUT2D eigenvalue weighted by atomic mass is 10.1. The number of aliphatic hydroxyl groups is 2. The Morgan fingerprint density at radius 3 is 2.58 bits per heavy atom. The van der Waals surface area contributed by atoms with Gasteiger partial charge in [-0.15, -0.1) is 0 Å². The first-order valence-corrected chi connectivity index (χ1v) is 8.99. The van der Waals surface area contributed by atoms with E-state index < -0.39 is 39.0 Å². The summed E-state index contributed by atoms with van der Waals surface area (Å²) < 4.78 is 22.0. The molecule has 0 spiro atoms. The van der Waals surface area contributed by atoms with Gasteiger partial charge in [-0.3, -0.25) is 4.52 Å². The summed E-state index contributed by atoms with van der Waals surface area (Å²) in [6.45, 7) is -0.585. The number of fused-ring (bicyclic) bond motifs is 1. The van der Waals surface area contributed by atoms with Crippen LogP contribution in [0.15, 0.2) is 18.5 Å². The predicted molar refractivity (Wildman–Crippen MR) is 83.7 cm³/mol. The molecule has 1 aliphatic rings. The minimum absolute atomic E-state index is 0.278. The number of aliphatic hydroxyl groups excluding tert-OH is 2. The zero-order valence-electron chi connectivity index (χ0n) is 11.9. The first kappa shape index (κ1) is 18.1.